The minimum Gasteiger partial charge on any atom is -0.497 e. The lowest BCUT2D eigenvalue weighted by atomic mass is 10.1. The average molecular weight is 343 g/mol. The second-order valence-electron chi connectivity index (χ2n) is 6.71. The van der Waals surface area contributed by atoms with Gasteiger partial charge in [0.15, 0.2) is 4.96 Å². The van der Waals surface area contributed by atoms with Gasteiger partial charge in [0, 0.05) is 28.4 Å². The molecule has 0 aliphatic rings. The van der Waals surface area contributed by atoms with Crippen LogP contribution in [0, 0.1) is 0 Å². The van der Waals surface area contributed by atoms with Gasteiger partial charge in [-0.3, -0.25) is 9.20 Å². The van der Waals surface area contributed by atoms with Crippen LogP contribution in [0.15, 0.2) is 35.8 Å². The normalized spacial score (nSPS) is 11.7. The molecule has 0 fully saturated rings. The quantitative estimate of drug-likeness (QED) is 0.788. The third-order valence-corrected chi connectivity index (χ3v) is 4.41. The summed E-state index contributed by atoms with van der Waals surface area (Å²) in [6.45, 7) is 5.94. The highest BCUT2D eigenvalue weighted by atomic mass is 32.1. The second-order valence-corrected chi connectivity index (χ2v) is 7.55. The highest BCUT2D eigenvalue weighted by molar-refractivity contribution is 7.15. The number of nitrogens with zero attached hydrogens (tertiary/aromatic N) is 2. The minimum atomic E-state index is -0.227. The van der Waals surface area contributed by atoms with Crippen molar-refractivity contribution in [3.8, 4) is 17.0 Å². The summed E-state index contributed by atoms with van der Waals surface area (Å²) in [5.41, 5.74) is 2.64. The van der Waals surface area contributed by atoms with E-state index in [9.17, 15) is 4.79 Å². The number of rotatable bonds is 4. The molecule has 5 nitrogen and oxygen atoms in total. The highest BCUT2D eigenvalue weighted by Crippen LogP contribution is 2.25. The Balaban J connectivity index is 1.84. The molecule has 0 bridgehead atoms. The van der Waals surface area contributed by atoms with Crippen LogP contribution in [-0.2, 0) is 11.2 Å². The lowest BCUT2D eigenvalue weighted by Crippen LogP contribution is -2.41. The number of carbonyl (C=O) groups is 1. The number of carbonyl (C=O) groups excluding carboxylic acids is 1. The van der Waals surface area contributed by atoms with Crippen LogP contribution < -0.4 is 10.1 Å². The predicted octanol–water partition coefficient (Wildman–Crippen LogP) is 3.53. The second kappa shape index (κ2) is 6.28. The molecule has 0 radical (unpaired) electrons. The predicted molar refractivity (Wildman–Crippen MR) is 96.7 cm³/mol. The Kier molecular flexibility index (Phi) is 4.32. The molecule has 0 atom stereocenters. The molecule has 0 spiro atoms. The van der Waals surface area contributed by atoms with Crippen LogP contribution in [0.3, 0.4) is 0 Å². The fourth-order valence-corrected chi connectivity index (χ4v) is 3.36. The zero-order chi connectivity index (χ0) is 17.3. The van der Waals surface area contributed by atoms with E-state index in [4.69, 9.17) is 4.74 Å². The summed E-state index contributed by atoms with van der Waals surface area (Å²) < 4.78 is 7.18. The van der Waals surface area contributed by atoms with Crippen LogP contribution in [0.25, 0.3) is 16.2 Å². The van der Waals surface area contributed by atoms with E-state index in [0.717, 1.165) is 27.7 Å². The van der Waals surface area contributed by atoms with Crippen LogP contribution in [-0.4, -0.2) is 27.9 Å². The van der Waals surface area contributed by atoms with Crippen molar-refractivity contribution in [3.63, 3.8) is 0 Å². The van der Waals surface area contributed by atoms with Gasteiger partial charge in [-0.15, -0.1) is 11.3 Å². The van der Waals surface area contributed by atoms with Gasteiger partial charge >= 0.3 is 0 Å². The maximum absolute atomic E-state index is 12.2. The molecule has 1 N–H and O–H groups in total. The van der Waals surface area contributed by atoms with Crippen LogP contribution in [0.2, 0.25) is 0 Å². The molecule has 2 aromatic heterocycles. The van der Waals surface area contributed by atoms with E-state index in [1.807, 2.05) is 61.0 Å². The number of amides is 1. The molecule has 126 valence electrons. The number of benzene rings is 1. The number of fused-ring (bicyclic) bond motifs is 1. The summed E-state index contributed by atoms with van der Waals surface area (Å²) >= 11 is 1.54. The zero-order valence-corrected chi connectivity index (χ0v) is 15.1. The van der Waals surface area contributed by atoms with Crippen molar-refractivity contribution >= 4 is 22.2 Å². The molecule has 0 saturated carbocycles. The Hall–Kier alpha value is -2.34. The van der Waals surface area contributed by atoms with E-state index in [0.29, 0.717) is 6.42 Å². The number of methoxy groups -OCH3 is 1. The molecular weight excluding hydrogens is 322 g/mol. The lowest BCUT2D eigenvalue weighted by Gasteiger charge is -2.20. The van der Waals surface area contributed by atoms with Gasteiger partial charge in [-0.1, -0.05) is 0 Å². The first-order chi connectivity index (χ1) is 11.4. The fourth-order valence-electron chi connectivity index (χ4n) is 2.48. The molecule has 2 heterocycles. The molecule has 1 aromatic carbocycles. The SMILES string of the molecule is COc1ccc(-c2cn3c(CC(=O)NC(C)(C)C)csc3n2)cc1. The Bertz CT molecular complexity index is 857. The van der Waals surface area contributed by atoms with Crippen molar-refractivity contribution in [2.24, 2.45) is 0 Å². The average Bonchev–Trinajstić information content (AvgIpc) is 3.07. The molecule has 3 aromatic rings. The number of hydrogen-bond donors (Lipinski definition) is 1. The van der Waals surface area contributed by atoms with Crippen LogP contribution in [0.4, 0.5) is 0 Å². The number of imidazole rings is 1. The summed E-state index contributed by atoms with van der Waals surface area (Å²) in [7, 11) is 1.65. The standard InChI is InChI=1S/C18H21N3O2S/c1-18(2,3)20-16(22)9-13-11-24-17-19-15(10-21(13)17)12-5-7-14(23-4)8-6-12/h5-8,10-11H,9H2,1-4H3,(H,20,22). The Morgan fingerprint density at radius 3 is 2.62 bits per heavy atom. The van der Waals surface area contributed by atoms with E-state index >= 15 is 0 Å². The van der Waals surface area contributed by atoms with Gasteiger partial charge in [0.1, 0.15) is 5.75 Å². The number of aromatic nitrogens is 2. The molecule has 0 aliphatic carbocycles. The van der Waals surface area contributed by atoms with E-state index in [1.54, 1.807) is 18.4 Å². The molecule has 3 rings (SSSR count). The first-order valence-corrected chi connectivity index (χ1v) is 8.64. The molecular formula is C18H21N3O2S. The number of hydrogen-bond acceptors (Lipinski definition) is 4. The van der Waals surface area contributed by atoms with Gasteiger partial charge in [0.05, 0.1) is 19.2 Å². The first-order valence-electron chi connectivity index (χ1n) is 7.76. The van der Waals surface area contributed by atoms with Crippen LogP contribution in [0.5, 0.6) is 5.75 Å². The Labute approximate surface area is 145 Å². The zero-order valence-electron chi connectivity index (χ0n) is 14.3. The van der Waals surface area contributed by atoms with Gasteiger partial charge < -0.3 is 10.1 Å². The Morgan fingerprint density at radius 2 is 2.00 bits per heavy atom. The van der Waals surface area contributed by atoms with E-state index in [2.05, 4.69) is 10.3 Å². The molecule has 6 heteroatoms. The molecule has 0 saturated heterocycles. The summed E-state index contributed by atoms with van der Waals surface area (Å²) in [6, 6.07) is 7.80. The van der Waals surface area contributed by atoms with E-state index < -0.39 is 0 Å². The smallest absolute Gasteiger partial charge is 0.226 e. The maximum Gasteiger partial charge on any atom is 0.226 e. The van der Waals surface area contributed by atoms with Crippen molar-refractivity contribution in [1.29, 1.82) is 0 Å². The molecule has 0 unspecified atom stereocenters. The number of ether oxygens (including phenoxy) is 1. The molecule has 0 aliphatic heterocycles. The van der Waals surface area contributed by atoms with Crippen molar-refractivity contribution < 1.29 is 9.53 Å². The largest absolute Gasteiger partial charge is 0.497 e. The minimum absolute atomic E-state index is 0.0156. The monoisotopic (exact) mass is 343 g/mol. The third kappa shape index (κ3) is 3.59. The number of nitrogens with one attached hydrogen (secondary N) is 1. The Morgan fingerprint density at radius 1 is 1.29 bits per heavy atom. The maximum atomic E-state index is 12.2. The summed E-state index contributed by atoms with van der Waals surface area (Å²) in [6.07, 6.45) is 2.32. The summed E-state index contributed by atoms with van der Waals surface area (Å²) in [5, 5.41) is 4.98. The van der Waals surface area contributed by atoms with Crippen LogP contribution >= 0.6 is 11.3 Å². The van der Waals surface area contributed by atoms with E-state index in [-0.39, 0.29) is 11.4 Å². The molecule has 1 amide bonds. The topological polar surface area (TPSA) is 55.6 Å². The van der Waals surface area contributed by atoms with Crippen molar-refractivity contribution in [3.05, 3.63) is 41.5 Å². The van der Waals surface area contributed by atoms with Gasteiger partial charge in [0.2, 0.25) is 5.91 Å². The third-order valence-electron chi connectivity index (χ3n) is 3.53. The molecule has 24 heavy (non-hydrogen) atoms. The fraction of sp³-hybridized carbons (Fsp3) is 0.333. The van der Waals surface area contributed by atoms with Gasteiger partial charge in [-0.05, 0) is 45.0 Å². The van der Waals surface area contributed by atoms with Gasteiger partial charge in [-0.2, -0.15) is 0 Å². The van der Waals surface area contributed by atoms with Gasteiger partial charge in [0.25, 0.3) is 0 Å². The first kappa shape index (κ1) is 16.5. The summed E-state index contributed by atoms with van der Waals surface area (Å²) in [5.74, 6) is 0.834. The van der Waals surface area contributed by atoms with Crippen molar-refractivity contribution in [2.75, 3.05) is 7.11 Å². The highest BCUT2D eigenvalue weighted by Gasteiger charge is 2.17. The summed E-state index contributed by atoms with van der Waals surface area (Å²) in [4.78, 5) is 17.7. The number of thiazole rings is 1. The van der Waals surface area contributed by atoms with Crippen molar-refractivity contribution in [2.45, 2.75) is 32.7 Å². The van der Waals surface area contributed by atoms with Gasteiger partial charge in [-0.25, -0.2) is 4.98 Å². The lowest BCUT2D eigenvalue weighted by molar-refractivity contribution is -0.121. The van der Waals surface area contributed by atoms with Crippen LogP contribution in [0.1, 0.15) is 26.5 Å². The van der Waals surface area contributed by atoms with Crippen molar-refractivity contribution in [1.82, 2.24) is 14.7 Å². The van der Waals surface area contributed by atoms with E-state index in [1.165, 1.54) is 0 Å².